The Morgan fingerprint density at radius 1 is 1.19 bits per heavy atom. The summed E-state index contributed by atoms with van der Waals surface area (Å²) in [4.78, 5) is 13.6. The number of oxazole rings is 1. The van der Waals surface area contributed by atoms with Crippen LogP contribution in [0, 0.1) is 11.6 Å². The highest BCUT2D eigenvalue weighted by molar-refractivity contribution is 5.76. The molecule has 0 saturated heterocycles. The third-order valence-corrected chi connectivity index (χ3v) is 3.23. The van der Waals surface area contributed by atoms with E-state index in [4.69, 9.17) is 4.42 Å². The lowest BCUT2D eigenvalue weighted by atomic mass is 10.1. The van der Waals surface area contributed by atoms with E-state index in [0.717, 1.165) is 6.07 Å². The van der Waals surface area contributed by atoms with Gasteiger partial charge in [-0.2, -0.15) is 0 Å². The molecule has 0 aliphatic carbocycles. The number of anilines is 1. The zero-order valence-corrected chi connectivity index (χ0v) is 11.1. The third-order valence-electron chi connectivity index (χ3n) is 3.23. The molecule has 0 saturated carbocycles. The van der Waals surface area contributed by atoms with Gasteiger partial charge in [0.1, 0.15) is 11.6 Å². The van der Waals surface area contributed by atoms with E-state index in [9.17, 15) is 13.6 Å². The second kappa shape index (κ2) is 5.05. The molecular weight excluding hydrogens is 278 g/mol. The van der Waals surface area contributed by atoms with Crippen LogP contribution in [0.25, 0.3) is 11.1 Å². The smallest absolute Gasteiger partial charge is 0.408 e. The van der Waals surface area contributed by atoms with E-state index < -0.39 is 17.4 Å². The van der Waals surface area contributed by atoms with Gasteiger partial charge in [-0.3, -0.25) is 4.98 Å². The van der Waals surface area contributed by atoms with Crippen LogP contribution in [-0.2, 0) is 0 Å². The summed E-state index contributed by atoms with van der Waals surface area (Å²) in [6, 6.07) is 8.16. The summed E-state index contributed by atoms with van der Waals surface area (Å²) in [5.74, 6) is -1.74. The van der Waals surface area contributed by atoms with Gasteiger partial charge in [0.15, 0.2) is 5.58 Å². The number of H-pyrrole nitrogens is 1. The van der Waals surface area contributed by atoms with Crippen molar-refractivity contribution in [1.82, 2.24) is 4.98 Å². The van der Waals surface area contributed by atoms with Crippen molar-refractivity contribution >= 4 is 16.8 Å². The van der Waals surface area contributed by atoms with Crippen LogP contribution in [0.4, 0.5) is 14.5 Å². The Morgan fingerprint density at radius 3 is 2.76 bits per heavy atom. The number of aromatic amines is 1. The summed E-state index contributed by atoms with van der Waals surface area (Å²) in [5, 5.41) is 3.09. The average Bonchev–Trinajstić information content (AvgIpc) is 2.77. The van der Waals surface area contributed by atoms with Crippen LogP contribution in [0.5, 0.6) is 0 Å². The van der Waals surface area contributed by atoms with Crippen LogP contribution in [0.3, 0.4) is 0 Å². The first-order valence-corrected chi connectivity index (χ1v) is 6.37. The first-order chi connectivity index (χ1) is 10.0. The molecule has 2 N–H and O–H groups in total. The maximum atomic E-state index is 13.7. The minimum Gasteiger partial charge on any atom is -0.408 e. The summed E-state index contributed by atoms with van der Waals surface area (Å²) >= 11 is 0. The maximum absolute atomic E-state index is 13.7. The van der Waals surface area contributed by atoms with E-state index in [2.05, 4.69) is 10.3 Å². The van der Waals surface area contributed by atoms with Crippen molar-refractivity contribution in [2.75, 3.05) is 5.32 Å². The fourth-order valence-electron chi connectivity index (χ4n) is 2.22. The average molecular weight is 290 g/mol. The number of nitrogens with one attached hydrogen (secondary N) is 2. The molecule has 0 spiro atoms. The van der Waals surface area contributed by atoms with Crippen molar-refractivity contribution in [3.63, 3.8) is 0 Å². The molecular formula is C15H12F2N2O2. The Hall–Kier alpha value is -2.63. The number of hydrogen-bond acceptors (Lipinski definition) is 3. The van der Waals surface area contributed by atoms with Gasteiger partial charge < -0.3 is 9.73 Å². The van der Waals surface area contributed by atoms with Crippen LogP contribution in [0.15, 0.2) is 45.6 Å². The molecule has 1 heterocycles. The van der Waals surface area contributed by atoms with Gasteiger partial charge in [0, 0.05) is 17.3 Å². The number of hydrogen-bond donors (Lipinski definition) is 2. The molecule has 21 heavy (non-hydrogen) atoms. The normalized spacial score (nSPS) is 12.5. The minimum absolute atomic E-state index is 0.359. The second-order valence-electron chi connectivity index (χ2n) is 4.76. The minimum atomic E-state index is -0.610. The lowest BCUT2D eigenvalue weighted by Gasteiger charge is -2.16. The Kier molecular flexibility index (Phi) is 3.21. The number of aromatic nitrogens is 1. The summed E-state index contributed by atoms with van der Waals surface area (Å²) in [6.45, 7) is 1.76. The van der Waals surface area contributed by atoms with Crippen LogP contribution in [0.1, 0.15) is 18.5 Å². The van der Waals surface area contributed by atoms with Gasteiger partial charge in [-0.15, -0.1) is 0 Å². The summed E-state index contributed by atoms with van der Waals surface area (Å²) in [6.07, 6.45) is 0. The van der Waals surface area contributed by atoms with Crippen molar-refractivity contribution in [2.24, 2.45) is 0 Å². The summed E-state index contributed by atoms with van der Waals surface area (Å²) in [5.41, 5.74) is 2.05. The highest BCUT2D eigenvalue weighted by Gasteiger charge is 2.12. The Labute approximate surface area is 118 Å². The lowest BCUT2D eigenvalue weighted by molar-refractivity contribution is 0.555. The number of fused-ring (bicyclic) bond motifs is 1. The molecule has 6 heteroatoms. The molecule has 3 rings (SSSR count). The topological polar surface area (TPSA) is 58.0 Å². The van der Waals surface area contributed by atoms with Crippen molar-refractivity contribution in [3.8, 4) is 0 Å². The molecule has 1 atom stereocenters. The second-order valence-corrected chi connectivity index (χ2v) is 4.76. The van der Waals surface area contributed by atoms with Gasteiger partial charge in [0.2, 0.25) is 0 Å². The van der Waals surface area contributed by atoms with E-state index in [-0.39, 0.29) is 6.04 Å². The first-order valence-electron chi connectivity index (χ1n) is 6.37. The highest BCUT2D eigenvalue weighted by atomic mass is 19.1. The van der Waals surface area contributed by atoms with Gasteiger partial charge in [0.05, 0.1) is 11.6 Å². The number of halogens is 2. The molecule has 108 valence electrons. The molecule has 4 nitrogen and oxygen atoms in total. The Balaban J connectivity index is 1.88. The van der Waals surface area contributed by atoms with Crippen LogP contribution in [-0.4, -0.2) is 4.98 Å². The van der Waals surface area contributed by atoms with Gasteiger partial charge >= 0.3 is 5.76 Å². The predicted molar refractivity (Wildman–Crippen MR) is 75.2 cm³/mol. The summed E-state index contributed by atoms with van der Waals surface area (Å²) in [7, 11) is 0. The van der Waals surface area contributed by atoms with E-state index in [1.165, 1.54) is 12.1 Å². The maximum Gasteiger partial charge on any atom is 0.417 e. The van der Waals surface area contributed by atoms with E-state index in [1.54, 1.807) is 25.1 Å². The SMILES string of the molecule is CC(Nc1ccc2oc(=O)[nH]c2c1)c1ccc(F)cc1F. The van der Waals surface area contributed by atoms with E-state index in [0.29, 0.717) is 22.4 Å². The fourth-order valence-corrected chi connectivity index (χ4v) is 2.22. The molecule has 1 aromatic heterocycles. The molecule has 0 bridgehead atoms. The van der Waals surface area contributed by atoms with Crippen LogP contribution < -0.4 is 11.1 Å². The molecule has 3 aromatic rings. The van der Waals surface area contributed by atoms with E-state index in [1.807, 2.05) is 0 Å². The number of rotatable bonds is 3. The zero-order chi connectivity index (χ0) is 15.0. The zero-order valence-electron chi connectivity index (χ0n) is 11.1. The predicted octanol–water partition coefficient (Wildman–Crippen LogP) is 3.57. The third kappa shape index (κ3) is 2.65. The van der Waals surface area contributed by atoms with Crippen LogP contribution >= 0.6 is 0 Å². The molecule has 2 aromatic carbocycles. The standard InChI is InChI=1S/C15H12F2N2O2/c1-8(11-4-2-9(16)6-12(11)17)18-10-3-5-14-13(7-10)19-15(20)21-14/h2-8,18H,1H3,(H,19,20). The quantitative estimate of drug-likeness (QED) is 0.775. The molecule has 1 unspecified atom stereocenters. The van der Waals surface area contributed by atoms with Crippen molar-refractivity contribution in [2.45, 2.75) is 13.0 Å². The summed E-state index contributed by atoms with van der Waals surface area (Å²) < 4.78 is 31.5. The van der Waals surface area contributed by atoms with Crippen molar-refractivity contribution in [1.29, 1.82) is 0 Å². The number of benzene rings is 2. The molecule has 0 aliphatic rings. The molecule has 0 amide bonds. The molecule has 0 radical (unpaired) electrons. The lowest BCUT2D eigenvalue weighted by Crippen LogP contribution is -2.08. The fraction of sp³-hybridized carbons (Fsp3) is 0.133. The first kappa shape index (κ1) is 13.4. The monoisotopic (exact) mass is 290 g/mol. The molecule has 0 fully saturated rings. The van der Waals surface area contributed by atoms with Crippen molar-refractivity contribution in [3.05, 3.63) is 64.1 Å². The van der Waals surface area contributed by atoms with E-state index >= 15 is 0 Å². The Morgan fingerprint density at radius 2 is 2.00 bits per heavy atom. The van der Waals surface area contributed by atoms with Crippen LogP contribution in [0.2, 0.25) is 0 Å². The van der Waals surface area contributed by atoms with Gasteiger partial charge in [-0.05, 0) is 31.2 Å². The molecule has 0 aliphatic heterocycles. The van der Waals surface area contributed by atoms with Gasteiger partial charge in [0.25, 0.3) is 0 Å². The largest absolute Gasteiger partial charge is 0.417 e. The highest BCUT2D eigenvalue weighted by Crippen LogP contribution is 2.24. The Bertz CT molecular complexity index is 854. The van der Waals surface area contributed by atoms with Gasteiger partial charge in [-0.1, -0.05) is 6.07 Å². The van der Waals surface area contributed by atoms with Gasteiger partial charge in [-0.25, -0.2) is 13.6 Å². The van der Waals surface area contributed by atoms with Crippen molar-refractivity contribution < 1.29 is 13.2 Å².